The lowest BCUT2D eigenvalue weighted by molar-refractivity contribution is 0.265. The lowest BCUT2D eigenvalue weighted by Gasteiger charge is -2.27. The topological polar surface area (TPSA) is 69.6 Å². The summed E-state index contributed by atoms with van der Waals surface area (Å²) in [5.74, 6) is 1.53. The normalized spacial score (nSPS) is 22.9. The third-order valence-electron chi connectivity index (χ3n) is 4.20. The third-order valence-corrected chi connectivity index (χ3v) is 4.20. The van der Waals surface area contributed by atoms with E-state index >= 15 is 0 Å². The average molecular weight is 271 g/mol. The van der Waals surface area contributed by atoms with E-state index < -0.39 is 0 Å². The molecule has 2 atom stereocenters. The zero-order valence-corrected chi connectivity index (χ0v) is 12.1. The number of anilines is 1. The molecule has 1 saturated carbocycles. The highest BCUT2D eigenvalue weighted by molar-refractivity contribution is 5.72. The zero-order chi connectivity index (χ0) is 14.1. The van der Waals surface area contributed by atoms with E-state index in [0.717, 1.165) is 35.8 Å². The summed E-state index contributed by atoms with van der Waals surface area (Å²) >= 11 is 0. The molecule has 0 spiro atoms. The molecular weight excluding hydrogens is 250 g/mol. The van der Waals surface area contributed by atoms with Crippen molar-refractivity contribution < 1.29 is 0 Å². The molecule has 3 rings (SSSR count). The van der Waals surface area contributed by atoms with Gasteiger partial charge in [0.15, 0.2) is 5.82 Å². The average Bonchev–Trinajstić information content (AvgIpc) is 2.90. The first-order valence-electron chi connectivity index (χ1n) is 7.29. The Hall–Kier alpha value is -1.91. The van der Waals surface area contributed by atoms with Gasteiger partial charge < -0.3 is 5.73 Å². The Kier molecular flexibility index (Phi) is 3.42. The minimum atomic E-state index is 0.392. The van der Waals surface area contributed by atoms with Gasteiger partial charge in [0, 0.05) is 11.3 Å². The van der Waals surface area contributed by atoms with Gasteiger partial charge in [0.05, 0.1) is 6.04 Å². The summed E-state index contributed by atoms with van der Waals surface area (Å²) in [4.78, 5) is 0. The van der Waals surface area contributed by atoms with Crippen LogP contribution < -0.4 is 5.73 Å². The first-order valence-corrected chi connectivity index (χ1v) is 7.29. The summed E-state index contributed by atoms with van der Waals surface area (Å²) < 4.78 is 1.97. The molecule has 5 nitrogen and oxygen atoms in total. The van der Waals surface area contributed by atoms with Crippen molar-refractivity contribution in [3.8, 4) is 11.4 Å². The van der Waals surface area contributed by atoms with Gasteiger partial charge in [-0.3, -0.25) is 0 Å². The van der Waals surface area contributed by atoms with E-state index in [-0.39, 0.29) is 0 Å². The highest BCUT2D eigenvalue weighted by atomic mass is 15.5. The second-order valence-corrected chi connectivity index (χ2v) is 5.96. The van der Waals surface area contributed by atoms with Gasteiger partial charge in [-0.25, -0.2) is 4.68 Å². The molecule has 2 N–H and O–H groups in total. The van der Waals surface area contributed by atoms with Crippen LogP contribution in [0.25, 0.3) is 11.4 Å². The maximum Gasteiger partial charge on any atom is 0.184 e. The smallest absolute Gasteiger partial charge is 0.184 e. The Morgan fingerprint density at radius 2 is 2.15 bits per heavy atom. The molecule has 0 amide bonds. The summed E-state index contributed by atoms with van der Waals surface area (Å²) in [7, 11) is 0. The fourth-order valence-corrected chi connectivity index (χ4v) is 3.10. The molecule has 1 aliphatic carbocycles. The highest BCUT2D eigenvalue weighted by Crippen LogP contribution is 2.35. The van der Waals surface area contributed by atoms with Crippen LogP contribution in [0.1, 0.15) is 44.2 Å². The number of nitrogens with zero attached hydrogens (tertiary/aromatic N) is 4. The quantitative estimate of drug-likeness (QED) is 0.852. The number of rotatable bonds is 2. The molecule has 20 heavy (non-hydrogen) atoms. The molecule has 2 aromatic rings. The van der Waals surface area contributed by atoms with Crippen molar-refractivity contribution in [3.63, 3.8) is 0 Å². The van der Waals surface area contributed by atoms with Gasteiger partial charge in [0.25, 0.3) is 0 Å². The molecule has 0 radical (unpaired) electrons. The lowest BCUT2D eigenvalue weighted by Crippen LogP contribution is -2.19. The second-order valence-electron chi connectivity index (χ2n) is 5.96. The summed E-state index contributed by atoms with van der Waals surface area (Å²) in [5, 5.41) is 12.3. The first-order chi connectivity index (χ1) is 9.65. The van der Waals surface area contributed by atoms with E-state index in [4.69, 9.17) is 5.73 Å². The zero-order valence-electron chi connectivity index (χ0n) is 12.1. The molecule has 0 bridgehead atoms. The summed E-state index contributed by atoms with van der Waals surface area (Å²) in [5.41, 5.74) is 8.93. The Balaban J connectivity index is 1.99. The predicted octanol–water partition coefficient (Wildman–Crippen LogP) is 2.98. The summed E-state index contributed by atoms with van der Waals surface area (Å²) in [6.45, 7) is 4.36. The van der Waals surface area contributed by atoms with E-state index in [1.165, 1.54) is 18.4 Å². The molecule has 1 aromatic carbocycles. The summed E-state index contributed by atoms with van der Waals surface area (Å²) in [6.07, 6.45) is 4.84. The van der Waals surface area contributed by atoms with Gasteiger partial charge >= 0.3 is 0 Å². The molecular formula is C15H21N5. The first kappa shape index (κ1) is 13.1. The van der Waals surface area contributed by atoms with Crippen LogP contribution >= 0.6 is 0 Å². The van der Waals surface area contributed by atoms with E-state index in [0.29, 0.717) is 6.04 Å². The van der Waals surface area contributed by atoms with E-state index in [9.17, 15) is 0 Å². The molecule has 1 aromatic heterocycles. The minimum Gasteiger partial charge on any atom is -0.398 e. The lowest BCUT2D eigenvalue weighted by atomic mass is 9.87. The Labute approximate surface area is 119 Å². The largest absolute Gasteiger partial charge is 0.398 e. The van der Waals surface area contributed by atoms with Gasteiger partial charge in [-0.2, -0.15) is 0 Å². The number of aryl methyl sites for hydroxylation is 1. The van der Waals surface area contributed by atoms with Crippen LogP contribution in [-0.2, 0) is 0 Å². The minimum absolute atomic E-state index is 0.392. The maximum absolute atomic E-state index is 6.10. The molecule has 5 heteroatoms. The van der Waals surface area contributed by atoms with Crippen LogP contribution in [0.2, 0.25) is 0 Å². The number of nitrogen functional groups attached to an aromatic ring is 1. The maximum atomic E-state index is 6.10. The van der Waals surface area contributed by atoms with Crippen molar-refractivity contribution in [1.82, 2.24) is 20.2 Å². The Bertz CT molecular complexity index is 604. The van der Waals surface area contributed by atoms with Crippen LogP contribution in [0.15, 0.2) is 18.2 Å². The van der Waals surface area contributed by atoms with Crippen molar-refractivity contribution in [1.29, 1.82) is 0 Å². The van der Waals surface area contributed by atoms with Crippen LogP contribution in [-0.4, -0.2) is 20.2 Å². The molecule has 1 aliphatic rings. The number of aromatic nitrogens is 4. The van der Waals surface area contributed by atoms with Crippen molar-refractivity contribution in [2.45, 2.75) is 45.6 Å². The summed E-state index contributed by atoms with van der Waals surface area (Å²) in [6, 6.07) is 6.38. The molecule has 2 unspecified atom stereocenters. The Morgan fingerprint density at radius 3 is 2.95 bits per heavy atom. The second kappa shape index (κ2) is 5.23. The van der Waals surface area contributed by atoms with Crippen molar-refractivity contribution in [2.75, 3.05) is 5.73 Å². The molecule has 106 valence electrons. The number of tetrazole rings is 1. The van der Waals surface area contributed by atoms with Crippen molar-refractivity contribution >= 4 is 5.69 Å². The third kappa shape index (κ3) is 2.40. The molecule has 0 saturated heterocycles. The highest BCUT2D eigenvalue weighted by Gasteiger charge is 2.24. The number of hydrogen-bond acceptors (Lipinski definition) is 4. The number of hydrogen-bond donors (Lipinski definition) is 1. The SMILES string of the molecule is Cc1ccc(N)c(-c2nnnn2C2CCCC(C)C2)c1. The van der Waals surface area contributed by atoms with Crippen LogP contribution in [0.5, 0.6) is 0 Å². The van der Waals surface area contributed by atoms with Gasteiger partial charge in [-0.1, -0.05) is 31.4 Å². The van der Waals surface area contributed by atoms with Crippen molar-refractivity contribution in [3.05, 3.63) is 23.8 Å². The van der Waals surface area contributed by atoms with Gasteiger partial charge in [-0.05, 0) is 48.2 Å². The fraction of sp³-hybridized carbons (Fsp3) is 0.533. The predicted molar refractivity (Wildman–Crippen MR) is 79.1 cm³/mol. The standard InChI is InChI=1S/C15H21N5/c1-10-4-3-5-12(8-10)20-15(17-18-19-20)13-9-11(2)6-7-14(13)16/h6-7,9-10,12H,3-5,8,16H2,1-2H3. The van der Waals surface area contributed by atoms with Gasteiger partial charge in [0.2, 0.25) is 0 Å². The van der Waals surface area contributed by atoms with Gasteiger partial charge in [-0.15, -0.1) is 5.10 Å². The van der Waals surface area contributed by atoms with Crippen molar-refractivity contribution in [2.24, 2.45) is 5.92 Å². The fourth-order valence-electron chi connectivity index (χ4n) is 3.10. The van der Waals surface area contributed by atoms with Crippen LogP contribution in [0, 0.1) is 12.8 Å². The monoisotopic (exact) mass is 271 g/mol. The Morgan fingerprint density at radius 1 is 1.30 bits per heavy atom. The number of nitrogens with two attached hydrogens (primary N) is 1. The van der Waals surface area contributed by atoms with Gasteiger partial charge in [0.1, 0.15) is 0 Å². The van der Waals surface area contributed by atoms with E-state index in [2.05, 4.69) is 35.4 Å². The molecule has 1 heterocycles. The van der Waals surface area contributed by atoms with Crippen LogP contribution in [0.3, 0.4) is 0 Å². The van der Waals surface area contributed by atoms with E-state index in [1.54, 1.807) is 0 Å². The number of benzene rings is 1. The van der Waals surface area contributed by atoms with E-state index in [1.807, 2.05) is 16.8 Å². The molecule has 1 fully saturated rings. The molecule has 0 aliphatic heterocycles. The van der Waals surface area contributed by atoms with Crippen LogP contribution in [0.4, 0.5) is 5.69 Å².